The molecular formula is C24H29FN4O. The molecule has 2 aliphatic rings. The van der Waals surface area contributed by atoms with Gasteiger partial charge in [0.15, 0.2) is 0 Å². The molecule has 0 radical (unpaired) electrons. The molecule has 30 heavy (non-hydrogen) atoms. The maximum atomic E-state index is 13.6. The van der Waals surface area contributed by atoms with Crippen molar-refractivity contribution in [2.24, 2.45) is 0 Å². The zero-order valence-corrected chi connectivity index (χ0v) is 17.8. The van der Waals surface area contributed by atoms with Gasteiger partial charge < -0.3 is 15.5 Å². The molecule has 2 N–H and O–H groups in total. The molecule has 6 heteroatoms. The van der Waals surface area contributed by atoms with Crippen LogP contribution < -0.4 is 15.5 Å². The molecule has 1 amide bonds. The number of anilines is 3. The number of carbonyl (C=O) groups excluding carboxylic acids is 1. The molecule has 2 aliphatic heterocycles. The summed E-state index contributed by atoms with van der Waals surface area (Å²) in [5, 5.41) is 5.97. The fourth-order valence-corrected chi connectivity index (χ4v) is 4.22. The summed E-state index contributed by atoms with van der Waals surface area (Å²) in [6.07, 6.45) is 2.84. The number of aryl methyl sites for hydroxylation is 1. The van der Waals surface area contributed by atoms with Gasteiger partial charge in [0, 0.05) is 61.0 Å². The third kappa shape index (κ3) is 4.05. The minimum atomic E-state index is -0.357. The Morgan fingerprint density at radius 3 is 2.63 bits per heavy atom. The van der Waals surface area contributed by atoms with E-state index in [9.17, 15) is 9.18 Å². The highest BCUT2D eigenvalue weighted by Crippen LogP contribution is 2.32. The lowest BCUT2D eigenvalue weighted by atomic mass is 10.1. The van der Waals surface area contributed by atoms with Crippen LogP contribution in [0.3, 0.4) is 0 Å². The van der Waals surface area contributed by atoms with Crippen molar-refractivity contribution in [3.8, 4) is 0 Å². The van der Waals surface area contributed by atoms with Crippen molar-refractivity contribution in [3.05, 3.63) is 59.5 Å². The molecule has 4 rings (SSSR count). The lowest BCUT2D eigenvalue weighted by molar-refractivity contribution is -0.110. The summed E-state index contributed by atoms with van der Waals surface area (Å²) in [7, 11) is 0. The zero-order valence-electron chi connectivity index (χ0n) is 17.8. The summed E-state index contributed by atoms with van der Waals surface area (Å²) in [4.78, 5) is 17.2. The largest absolute Gasteiger partial charge is 0.369 e. The minimum Gasteiger partial charge on any atom is -0.369 e. The summed E-state index contributed by atoms with van der Waals surface area (Å²) in [6, 6.07) is 11.2. The van der Waals surface area contributed by atoms with E-state index in [0.29, 0.717) is 22.9 Å². The Hall–Kier alpha value is -2.86. The van der Waals surface area contributed by atoms with Crippen LogP contribution in [0.2, 0.25) is 0 Å². The average molecular weight is 409 g/mol. The molecule has 1 fully saturated rings. The van der Waals surface area contributed by atoms with Gasteiger partial charge in [-0.05, 0) is 62.2 Å². The average Bonchev–Trinajstić information content (AvgIpc) is 3.06. The molecule has 1 saturated heterocycles. The predicted octanol–water partition coefficient (Wildman–Crippen LogP) is 4.46. The molecule has 0 saturated carbocycles. The van der Waals surface area contributed by atoms with Gasteiger partial charge in [-0.15, -0.1) is 0 Å². The molecule has 1 unspecified atom stereocenters. The van der Waals surface area contributed by atoms with Crippen LogP contribution in [0.1, 0.15) is 31.4 Å². The first kappa shape index (κ1) is 20.4. The number of piperazine rings is 1. The zero-order chi connectivity index (χ0) is 21.3. The van der Waals surface area contributed by atoms with Gasteiger partial charge in [0.25, 0.3) is 5.91 Å². The van der Waals surface area contributed by atoms with Crippen molar-refractivity contribution in [2.45, 2.75) is 33.2 Å². The van der Waals surface area contributed by atoms with Gasteiger partial charge in [-0.1, -0.05) is 6.92 Å². The lowest BCUT2D eigenvalue weighted by Gasteiger charge is -2.39. The third-order valence-electron chi connectivity index (χ3n) is 6.21. The van der Waals surface area contributed by atoms with Crippen LogP contribution in [0.5, 0.6) is 0 Å². The highest BCUT2D eigenvalue weighted by Gasteiger charge is 2.25. The van der Waals surface area contributed by atoms with Gasteiger partial charge in [-0.3, -0.25) is 9.69 Å². The van der Waals surface area contributed by atoms with Crippen molar-refractivity contribution in [3.63, 3.8) is 0 Å². The van der Waals surface area contributed by atoms with Gasteiger partial charge in [-0.25, -0.2) is 4.39 Å². The number of hydrogen-bond donors (Lipinski definition) is 2. The van der Waals surface area contributed by atoms with Crippen molar-refractivity contribution < 1.29 is 9.18 Å². The fraction of sp³-hybridized carbons (Fsp3) is 0.375. The molecule has 5 nitrogen and oxygen atoms in total. The number of amides is 1. The van der Waals surface area contributed by atoms with E-state index in [2.05, 4.69) is 53.3 Å². The van der Waals surface area contributed by atoms with Crippen molar-refractivity contribution in [1.82, 2.24) is 4.90 Å². The Morgan fingerprint density at radius 1 is 1.17 bits per heavy atom. The number of halogens is 1. The number of nitrogens with zero attached hydrogens (tertiary/aromatic N) is 2. The molecule has 1 atom stereocenters. The Balaban J connectivity index is 1.45. The Kier molecular flexibility index (Phi) is 5.77. The van der Waals surface area contributed by atoms with E-state index in [4.69, 9.17) is 0 Å². The quantitative estimate of drug-likeness (QED) is 0.717. The summed E-state index contributed by atoms with van der Waals surface area (Å²) >= 11 is 0. The maximum absolute atomic E-state index is 13.6. The predicted molar refractivity (Wildman–Crippen MR) is 121 cm³/mol. The molecule has 2 aromatic rings. The summed E-state index contributed by atoms with van der Waals surface area (Å²) < 4.78 is 13.6. The van der Waals surface area contributed by atoms with Gasteiger partial charge in [-0.2, -0.15) is 0 Å². The van der Waals surface area contributed by atoms with Crippen molar-refractivity contribution >= 4 is 28.5 Å². The van der Waals surface area contributed by atoms with E-state index in [-0.39, 0.29) is 11.7 Å². The topological polar surface area (TPSA) is 47.6 Å². The summed E-state index contributed by atoms with van der Waals surface area (Å²) in [5.74, 6) is -0.583. The van der Waals surface area contributed by atoms with Crippen molar-refractivity contribution in [1.29, 1.82) is 0 Å². The smallest absolute Gasteiger partial charge is 0.257 e. The van der Waals surface area contributed by atoms with Gasteiger partial charge in [0.05, 0.1) is 5.57 Å². The summed E-state index contributed by atoms with van der Waals surface area (Å²) in [6.45, 7) is 10.9. The van der Waals surface area contributed by atoms with Crippen LogP contribution in [0.25, 0.3) is 5.57 Å². The minimum absolute atomic E-state index is 0.226. The molecule has 2 heterocycles. The Morgan fingerprint density at radius 2 is 1.93 bits per heavy atom. The van der Waals surface area contributed by atoms with E-state index in [1.54, 1.807) is 12.3 Å². The first-order chi connectivity index (χ1) is 14.5. The molecule has 0 spiro atoms. The van der Waals surface area contributed by atoms with E-state index in [0.717, 1.165) is 31.9 Å². The van der Waals surface area contributed by atoms with E-state index >= 15 is 0 Å². The number of nitrogens with one attached hydrogen (secondary N) is 2. The number of rotatable bonds is 5. The Bertz CT molecular complexity index is 979. The number of benzene rings is 2. The number of hydrogen-bond acceptors (Lipinski definition) is 4. The highest BCUT2D eigenvalue weighted by molar-refractivity contribution is 6.31. The van der Waals surface area contributed by atoms with E-state index in [1.165, 1.54) is 29.8 Å². The molecule has 0 aromatic heterocycles. The standard InChI is InChI=1S/C24H29FN4O/c1-4-17(3)28-9-11-29(12-10-28)23-8-6-19(13-16(23)2)26-15-21-20-14-18(25)5-7-22(20)27-24(21)30/h5-8,13-15,17,26H,4,9-12H2,1-3H3,(H,27,30)/b21-15+. The molecule has 2 aromatic carbocycles. The highest BCUT2D eigenvalue weighted by atomic mass is 19.1. The number of fused-ring (bicyclic) bond motifs is 1. The second-order valence-electron chi connectivity index (χ2n) is 8.13. The van der Waals surface area contributed by atoms with Gasteiger partial charge in [0.1, 0.15) is 5.82 Å². The van der Waals surface area contributed by atoms with Crippen molar-refractivity contribution in [2.75, 3.05) is 41.7 Å². The monoisotopic (exact) mass is 408 g/mol. The molecule has 0 bridgehead atoms. The van der Waals surface area contributed by atoms with Gasteiger partial charge >= 0.3 is 0 Å². The molecule has 158 valence electrons. The lowest BCUT2D eigenvalue weighted by Crippen LogP contribution is -2.49. The molecular weight excluding hydrogens is 379 g/mol. The Labute approximate surface area is 177 Å². The van der Waals surface area contributed by atoms with E-state index in [1.807, 2.05) is 6.07 Å². The second kappa shape index (κ2) is 8.48. The van der Waals surface area contributed by atoms with Crippen LogP contribution in [0.15, 0.2) is 42.6 Å². The second-order valence-corrected chi connectivity index (χ2v) is 8.13. The van der Waals surface area contributed by atoms with Crippen LogP contribution in [-0.2, 0) is 4.79 Å². The van der Waals surface area contributed by atoms with Crippen LogP contribution in [0, 0.1) is 12.7 Å². The van der Waals surface area contributed by atoms with Crippen LogP contribution >= 0.6 is 0 Å². The van der Waals surface area contributed by atoms with E-state index < -0.39 is 0 Å². The summed E-state index contributed by atoms with van der Waals surface area (Å²) in [5.41, 5.74) is 5.00. The van der Waals surface area contributed by atoms with Crippen LogP contribution in [-0.4, -0.2) is 43.0 Å². The first-order valence-electron chi connectivity index (χ1n) is 10.6. The maximum Gasteiger partial charge on any atom is 0.257 e. The molecule has 0 aliphatic carbocycles. The SMILES string of the molecule is CCC(C)N1CCN(c2ccc(N/C=C3/C(=O)Nc4ccc(F)cc43)cc2C)CC1. The number of carbonyl (C=O) groups is 1. The normalized spacial score (nSPS) is 19.0. The van der Waals surface area contributed by atoms with Crippen LogP contribution in [0.4, 0.5) is 21.5 Å². The fourth-order valence-electron chi connectivity index (χ4n) is 4.22. The van der Waals surface area contributed by atoms with Gasteiger partial charge in [0.2, 0.25) is 0 Å². The third-order valence-corrected chi connectivity index (χ3v) is 6.21. The first-order valence-corrected chi connectivity index (χ1v) is 10.6.